The lowest BCUT2D eigenvalue weighted by Crippen LogP contribution is -2.42. The normalized spacial score (nSPS) is 34.9. The molecule has 0 aromatic rings. The molecule has 0 radical (unpaired) electrons. The molecule has 3 unspecified atom stereocenters. The average molecular weight is 196 g/mol. The molecular formula is C12H20O2. The van der Waals surface area contributed by atoms with Crippen LogP contribution in [0.3, 0.4) is 0 Å². The molecule has 1 rings (SSSR count). The van der Waals surface area contributed by atoms with Crippen LogP contribution in [0.4, 0.5) is 0 Å². The van der Waals surface area contributed by atoms with Gasteiger partial charge in [0, 0.05) is 0 Å². The van der Waals surface area contributed by atoms with E-state index in [4.69, 9.17) is 11.2 Å². The second-order valence-electron chi connectivity index (χ2n) is 4.34. The molecule has 0 heterocycles. The first-order valence-corrected chi connectivity index (χ1v) is 5.40. The van der Waals surface area contributed by atoms with Gasteiger partial charge in [-0.15, -0.1) is 6.42 Å². The lowest BCUT2D eigenvalue weighted by molar-refractivity contribution is -0.0861. The highest BCUT2D eigenvalue weighted by Gasteiger charge is 2.37. The van der Waals surface area contributed by atoms with Gasteiger partial charge in [-0.25, -0.2) is 0 Å². The standard InChI is InChI=1S/C12H20O2/c1-4-12(14-9-11(3)13)8-6-5-7-10(12)2/h1,10-11,13H,5-9H2,2-3H3. The molecule has 0 saturated heterocycles. The van der Waals surface area contributed by atoms with Crippen molar-refractivity contribution in [1.82, 2.24) is 0 Å². The zero-order valence-electron chi connectivity index (χ0n) is 9.12. The molecule has 0 aliphatic heterocycles. The minimum atomic E-state index is -0.436. The number of aliphatic hydroxyl groups excluding tert-OH is 1. The van der Waals surface area contributed by atoms with E-state index >= 15 is 0 Å². The Bertz CT molecular complexity index is 217. The zero-order valence-corrected chi connectivity index (χ0v) is 9.12. The van der Waals surface area contributed by atoms with Crippen molar-refractivity contribution in [2.45, 2.75) is 51.2 Å². The van der Waals surface area contributed by atoms with Gasteiger partial charge in [0.15, 0.2) is 0 Å². The van der Waals surface area contributed by atoms with E-state index in [1.165, 1.54) is 6.42 Å². The van der Waals surface area contributed by atoms with Gasteiger partial charge in [0.2, 0.25) is 0 Å². The van der Waals surface area contributed by atoms with Gasteiger partial charge in [-0.05, 0) is 32.1 Å². The second kappa shape index (κ2) is 4.82. The molecule has 2 nitrogen and oxygen atoms in total. The monoisotopic (exact) mass is 196 g/mol. The van der Waals surface area contributed by atoms with Crippen LogP contribution in [0.2, 0.25) is 0 Å². The predicted octanol–water partition coefficient (Wildman–Crippen LogP) is 1.97. The summed E-state index contributed by atoms with van der Waals surface area (Å²) >= 11 is 0. The fraction of sp³-hybridized carbons (Fsp3) is 0.833. The van der Waals surface area contributed by atoms with Gasteiger partial charge in [-0.3, -0.25) is 0 Å². The van der Waals surface area contributed by atoms with E-state index in [1.54, 1.807) is 6.92 Å². The van der Waals surface area contributed by atoms with Gasteiger partial charge < -0.3 is 9.84 Å². The van der Waals surface area contributed by atoms with Gasteiger partial charge in [-0.1, -0.05) is 19.3 Å². The van der Waals surface area contributed by atoms with E-state index in [-0.39, 0.29) is 0 Å². The fourth-order valence-corrected chi connectivity index (χ4v) is 2.06. The lowest BCUT2D eigenvalue weighted by Gasteiger charge is -2.38. The van der Waals surface area contributed by atoms with Crippen molar-refractivity contribution in [2.75, 3.05) is 6.61 Å². The zero-order chi connectivity index (χ0) is 10.6. The molecule has 1 saturated carbocycles. The van der Waals surface area contributed by atoms with Crippen LogP contribution in [-0.2, 0) is 4.74 Å². The lowest BCUT2D eigenvalue weighted by atomic mass is 9.77. The van der Waals surface area contributed by atoms with Crippen molar-refractivity contribution in [3.63, 3.8) is 0 Å². The quantitative estimate of drug-likeness (QED) is 0.699. The van der Waals surface area contributed by atoms with E-state index in [9.17, 15) is 5.11 Å². The Morgan fingerprint density at radius 2 is 2.36 bits per heavy atom. The Kier molecular flexibility index (Phi) is 3.97. The Balaban J connectivity index is 2.60. The van der Waals surface area contributed by atoms with E-state index < -0.39 is 11.7 Å². The van der Waals surface area contributed by atoms with Crippen LogP contribution in [0.5, 0.6) is 0 Å². The summed E-state index contributed by atoms with van der Waals surface area (Å²) in [6, 6.07) is 0. The molecule has 1 aliphatic carbocycles. The molecule has 14 heavy (non-hydrogen) atoms. The Hall–Kier alpha value is -0.520. The van der Waals surface area contributed by atoms with Crippen LogP contribution in [-0.4, -0.2) is 23.4 Å². The topological polar surface area (TPSA) is 29.5 Å². The Morgan fingerprint density at radius 3 is 2.86 bits per heavy atom. The predicted molar refractivity (Wildman–Crippen MR) is 56.8 cm³/mol. The molecule has 0 aromatic carbocycles. The van der Waals surface area contributed by atoms with Gasteiger partial charge in [0.05, 0.1) is 12.7 Å². The summed E-state index contributed by atoms with van der Waals surface area (Å²) in [7, 11) is 0. The number of hydrogen-bond donors (Lipinski definition) is 1. The van der Waals surface area contributed by atoms with Crippen molar-refractivity contribution >= 4 is 0 Å². The maximum Gasteiger partial charge on any atom is 0.131 e. The molecule has 3 atom stereocenters. The number of terminal acetylenes is 1. The van der Waals surface area contributed by atoms with Crippen LogP contribution in [0, 0.1) is 18.3 Å². The Morgan fingerprint density at radius 1 is 1.64 bits per heavy atom. The maximum absolute atomic E-state index is 9.19. The van der Waals surface area contributed by atoms with Crippen molar-refractivity contribution in [2.24, 2.45) is 5.92 Å². The summed E-state index contributed by atoms with van der Waals surface area (Å²) in [5.41, 5.74) is -0.421. The highest BCUT2D eigenvalue weighted by molar-refractivity contribution is 5.12. The third-order valence-corrected chi connectivity index (χ3v) is 3.06. The van der Waals surface area contributed by atoms with Crippen molar-refractivity contribution < 1.29 is 9.84 Å². The van der Waals surface area contributed by atoms with Gasteiger partial charge >= 0.3 is 0 Å². The summed E-state index contributed by atoms with van der Waals surface area (Å²) in [4.78, 5) is 0. The van der Waals surface area contributed by atoms with Crippen LogP contribution in [0.25, 0.3) is 0 Å². The minimum absolute atomic E-state index is 0.342. The third kappa shape index (κ3) is 2.50. The summed E-state index contributed by atoms with van der Waals surface area (Å²) in [6.45, 7) is 4.20. The van der Waals surface area contributed by atoms with E-state index in [0.29, 0.717) is 12.5 Å². The molecule has 80 valence electrons. The molecule has 0 spiro atoms. The molecule has 2 heteroatoms. The first-order chi connectivity index (χ1) is 6.60. The Labute approximate surface area is 86.7 Å². The van der Waals surface area contributed by atoms with Gasteiger partial charge in [-0.2, -0.15) is 0 Å². The number of aliphatic hydroxyl groups is 1. The largest absolute Gasteiger partial charge is 0.391 e. The first kappa shape index (κ1) is 11.6. The number of rotatable bonds is 3. The maximum atomic E-state index is 9.19. The van der Waals surface area contributed by atoms with Gasteiger partial charge in [0.1, 0.15) is 5.60 Å². The molecule has 1 N–H and O–H groups in total. The summed E-state index contributed by atoms with van der Waals surface area (Å²) in [5.74, 6) is 3.19. The smallest absolute Gasteiger partial charge is 0.131 e. The highest BCUT2D eigenvalue weighted by Crippen LogP contribution is 2.36. The van der Waals surface area contributed by atoms with E-state index in [1.807, 2.05) is 0 Å². The van der Waals surface area contributed by atoms with Crippen LogP contribution < -0.4 is 0 Å². The van der Waals surface area contributed by atoms with Gasteiger partial charge in [0.25, 0.3) is 0 Å². The van der Waals surface area contributed by atoms with E-state index in [0.717, 1.165) is 19.3 Å². The molecule has 0 aromatic heterocycles. The fourth-order valence-electron chi connectivity index (χ4n) is 2.06. The molecular weight excluding hydrogens is 176 g/mol. The summed E-state index contributed by atoms with van der Waals surface area (Å²) in [6.07, 6.45) is 9.55. The molecule has 0 bridgehead atoms. The number of ether oxygens (including phenoxy) is 1. The number of hydrogen-bond acceptors (Lipinski definition) is 2. The highest BCUT2D eigenvalue weighted by atomic mass is 16.5. The molecule has 1 fully saturated rings. The second-order valence-corrected chi connectivity index (χ2v) is 4.34. The SMILES string of the molecule is C#CC1(OCC(C)O)CCCCC1C. The minimum Gasteiger partial charge on any atom is -0.391 e. The summed E-state index contributed by atoms with van der Waals surface area (Å²) < 4.78 is 5.71. The van der Waals surface area contributed by atoms with Crippen LogP contribution in [0.1, 0.15) is 39.5 Å². The van der Waals surface area contributed by atoms with Crippen LogP contribution in [0.15, 0.2) is 0 Å². The van der Waals surface area contributed by atoms with Crippen LogP contribution >= 0.6 is 0 Å². The third-order valence-electron chi connectivity index (χ3n) is 3.06. The molecule has 0 amide bonds. The van der Waals surface area contributed by atoms with Crippen molar-refractivity contribution in [3.05, 3.63) is 0 Å². The average Bonchev–Trinajstić information content (AvgIpc) is 2.17. The first-order valence-electron chi connectivity index (χ1n) is 5.40. The summed E-state index contributed by atoms with van der Waals surface area (Å²) in [5, 5.41) is 9.19. The van der Waals surface area contributed by atoms with E-state index in [2.05, 4.69) is 12.8 Å². The van der Waals surface area contributed by atoms with Crippen molar-refractivity contribution in [3.8, 4) is 12.3 Å². The van der Waals surface area contributed by atoms with Crippen molar-refractivity contribution in [1.29, 1.82) is 0 Å². The molecule has 1 aliphatic rings.